The normalized spacial score (nSPS) is 22.9. The van der Waals surface area contributed by atoms with Crippen molar-refractivity contribution in [2.24, 2.45) is 11.8 Å². The highest BCUT2D eigenvalue weighted by Crippen LogP contribution is 2.42. The number of hydrogen-bond acceptors (Lipinski definition) is 6. The molecule has 0 saturated heterocycles. The minimum atomic E-state index is -4.11. The summed E-state index contributed by atoms with van der Waals surface area (Å²) >= 11 is 0. The maximum Gasteiger partial charge on any atom is 0.391 e. The Morgan fingerprint density at radius 2 is 1.87 bits per heavy atom. The molecule has 1 aromatic carbocycles. The molecule has 1 aromatic heterocycles. The van der Waals surface area contributed by atoms with Crippen LogP contribution in [0.4, 0.5) is 13.2 Å². The molecule has 1 amide bonds. The third kappa shape index (κ3) is 6.63. The van der Waals surface area contributed by atoms with Crippen LogP contribution in [0.25, 0.3) is 0 Å². The molecule has 7 nitrogen and oxygen atoms in total. The Balaban J connectivity index is 1.41. The van der Waals surface area contributed by atoms with Crippen LogP contribution in [0.1, 0.15) is 85.2 Å². The first-order chi connectivity index (χ1) is 18.5. The van der Waals surface area contributed by atoms with Crippen molar-refractivity contribution in [2.45, 2.75) is 75.7 Å². The van der Waals surface area contributed by atoms with Gasteiger partial charge in [-0.3, -0.25) is 14.7 Å². The maximum atomic E-state index is 13.1. The molecule has 0 bridgehead atoms. The minimum Gasteiger partial charge on any atom is -0.394 e. The van der Waals surface area contributed by atoms with Gasteiger partial charge in [-0.05, 0) is 73.4 Å². The molecule has 1 aliphatic heterocycles. The van der Waals surface area contributed by atoms with E-state index in [0.29, 0.717) is 30.6 Å². The number of amides is 1. The van der Waals surface area contributed by atoms with E-state index in [1.54, 1.807) is 13.0 Å². The van der Waals surface area contributed by atoms with Crippen LogP contribution in [-0.2, 0) is 16.4 Å². The van der Waals surface area contributed by atoms with Gasteiger partial charge in [-0.25, -0.2) is 8.42 Å². The van der Waals surface area contributed by atoms with E-state index in [1.165, 1.54) is 18.3 Å². The van der Waals surface area contributed by atoms with E-state index in [9.17, 15) is 31.5 Å². The Bertz CT molecular complexity index is 1260. The van der Waals surface area contributed by atoms with Crippen LogP contribution >= 0.6 is 0 Å². The average molecular weight is 568 g/mol. The van der Waals surface area contributed by atoms with Crippen LogP contribution in [0.3, 0.4) is 0 Å². The van der Waals surface area contributed by atoms with Crippen LogP contribution in [0.2, 0.25) is 0 Å². The average Bonchev–Trinajstić information content (AvgIpc) is 3.27. The lowest BCUT2D eigenvalue weighted by Crippen LogP contribution is -2.33. The molecule has 39 heavy (non-hydrogen) atoms. The van der Waals surface area contributed by atoms with Gasteiger partial charge in [0.15, 0.2) is 9.84 Å². The zero-order valence-electron chi connectivity index (χ0n) is 22.2. The molecular formula is C28H36F3N3O4S. The van der Waals surface area contributed by atoms with E-state index in [-0.39, 0.29) is 41.4 Å². The summed E-state index contributed by atoms with van der Waals surface area (Å²) in [6, 6.07) is 7.77. The highest BCUT2D eigenvalue weighted by molar-refractivity contribution is 7.91. The van der Waals surface area contributed by atoms with Gasteiger partial charge in [0.1, 0.15) is 0 Å². The maximum absolute atomic E-state index is 13.1. The third-order valence-corrected chi connectivity index (χ3v) is 9.83. The first-order valence-electron chi connectivity index (χ1n) is 13.5. The van der Waals surface area contributed by atoms with Gasteiger partial charge < -0.3 is 10.4 Å². The lowest BCUT2D eigenvalue weighted by Gasteiger charge is -2.34. The fourth-order valence-corrected chi connectivity index (χ4v) is 6.63. The zero-order valence-corrected chi connectivity index (χ0v) is 23.1. The number of alkyl halides is 3. The quantitative estimate of drug-likeness (QED) is 0.444. The van der Waals surface area contributed by atoms with Gasteiger partial charge in [-0.15, -0.1) is 0 Å². The number of halogens is 3. The van der Waals surface area contributed by atoms with Crippen molar-refractivity contribution in [3.63, 3.8) is 0 Å². The molecule has 0 spiro atoms. The van der Waals surface area contributed by atoms with Crippen LogP contribution in [0, 0.1) is 11.8 Å². The Hall–Kier alpha value is -2.50. The molecule has 0 radical (unpaired) electrons. The van der Waals surface area contributed by atoms with Crippen LogP contribution in [0.15, 0.2) is 41.4 Å². The van der Waals surface area contributed by atoms with Crippen molar-refractivity contribution >= 4 is 15.7 Å². The minimum absolute atomic E-state index is 0.0536. The zero-order chi connectivity index (χ0) is 28.4. The molecule has 2 heterocycles. The number of fused-ring (bicyclic) bond motifs is 1. The number of hydrogen-bond donors (Lipinski definition) is 2. The molecule has 2 aromatic rings. The van der Waals surface area contributed by atoms with Crippen molar-refractivity contribution in [1.29, 1.82) is 0 Å². The number of sulfone groups is 1. The topological polar surface area (TPSA) is 99.6 Å². The van der Waals surface area contributed by atoms with E-state index in [4.69, 9.17) is 0 Å². The fourth-order valence-electron chi connectivity index (χ4n) is 5.81. The lowest BCUT2D eigenvalue weighted by atomic mass is 9.81. The standard InChI is InChI=1S/C28H36F3N3O4S/c1-3-26-23-11-7-19(13-20(23)16-34(26)15-18-5-8-21(9-6-18)28(29,30)31)27(36)33-25(17-35)24-12-10-22(14-32-24)39(37,38)4-2/h7,10-14,18,21,25-26,35H,3-6,8-9,15-17H2,1-2H3,(H,33,36)/t18?,21?,25-,26+/m0/s1. The summed E-state index contributed by atoms with van der Waals surface area (Å²) in [6.45, 7) is 4.59. The van der Waals surface area contributed by atoms with Gasteiger partial charge in [0, 0.05) is 30.9 Å². The van der Waals surface area contributed by atoms with Gasteiger partial charge >= 0.3 is 6.18 Å². The molecule has 1 fully saturated rings. The number of nitrogens with one attached hydrogen (secondary N) is 1. The molecule has 214 valence electrons. The molecular weight excluding hydrogens is 531 g/mol. The number of carbonyl (C=O) groups is 1. The van der Waals surface area contributed by atoms with Crippen molar-refractivity contribution in [3.8, 4) is 0 Å². The molecule has 1 aliphatic carbocycles. The van der Waals surface area contributed by atoms with Crippen LogP contribution < -0.4 is 5.32 Å². The number of pyridine rings is 1. The van der Waals surface area contributed by atoms with E-state index in [1.807, 2.05) is 12.1 Å². The van der Waals surface area contributed by atoms with E-state index in [2.05, 4.69) is 22.1 Å². The van der Waals surface area contributed by atoms with Crippen LogP contribution in [0.5, 0.6) is 0 Å². The SMILES string of the molecule is CC[C@@H]1c2ccc(C(=O)N[C@@H](CO)c3ccc(S(=O)(=O)CC)cn3)cc2CN1CC1CCC(C(F)(F)F)CC1. The van der Waals surface area contributed by atoms with Gasteiger partial charge in [0.2, 0.25) is 0 Å². The van der Waals surface area contributed by atoms with Gasteiger partial charge in [-0.2, -0.15) is 13.2 Å². The number of rotatable bonds is 9. The van der Waals surface area contributed by atoms with E-state index >= 15 is 0 Å². The Kier molecular flexibility index (Phi) is 9.02. The molecule has 11 heteroatoms. The summed E-state index contributed by atoms with van der Waals surface area (Å²) in [7, 11) is -3.41. The van der Waals surface area contributed by atoms with Crippen molar-refractivity contribution in [2.75, 3.05) is 18.9 Å². The highest BCUT2D eigenvalue weighted by Gasteiger charge is 2.42. The summed E-state index contributed by atoms with van der Waals surface area (Å²) in [5.41, 5.74) is 2.93. The van der Waals surface area contributed by atoms with Crippen molar-refractivity contribution in [3.05, 3.63) is 58.9 Å². The molecule has 1 saturated carbocycles. The molecule has 2 atom stereocenters. The van der Waals surface area contributed by atoms with E-state index < -0.39 is 34.6 Å². The summed E-state index contributed by atoms with van der Waals surface area (Å²) in [5.74, 6) is -1.40. The van der Waals surface area contributed by atoms with Gasteiger partial charge in [0.25, 0.3) is 5.91 Å². The molecule has 4 rings (SSSR count). The van der Waals surface area contributed by atoms with Gasteiger partial charge in [0.05, 0.1) is 34.9 Å². The monoisotopic (exact) mass is 567 g/mol. The van der Waals surface area contributed by atoms with Gasteiger partial charge in [-0.1, -0.05) is 19.9 Å². The highest BCUT2D eigenvalue weighted by atomic mass is 32.2. The Labute approximate surface area is 227 Å². The van der Waals surface area contributed by atoms with Crippen molar-refractivity contribution in [1.82, 2.24) is 15.2 Å². The Morgan fingerprint density at radius 3 is 2.44 bits per heavy atom. The number of nitrogens with zero attached hydrogens (tertiary/aromatic N) is 2. The summed E-state index contributed by atoms with van der Waals surface area (Å²) in [6.07, 6.45) is -0.498. The summed E-state index contributed by atoms with van der Waals surface area (Å²) < 4.78 is 63.2. The first-order valence-corrected chi connectivity index (χ1v) is 15.2. The second-order valence-electron chi connectivity index (χ2n) is 10.6. The number of aliphatic hydroxyl groups is 1. The summed E-state index contributed by atoms with van der Waals surface area (Å²) in [4.78, 5) is 19.6. The fraction of sp³-hybridized carbons (Fsp3) is 0.571. The van der Waals surface area contributed by atoms with Crippen molar-refractivity contribution < 1.29 is 31.5 Å². The van der Waals surface area contributed by atoms with Crippen LogP contribution in [-0.4, -0.2) is 54.4 Å². The number of benzene rings is 1. The lowest BCUT2D eigenvalue weighted by molar-refractivity contribution is -0.184. The second-order valence-corrected chi connectivity index (χ2v) is 12.8. The summed E-state index contributed by atoms with van der Waals surface area (Å²) in [5, 5.41) is 12.7. The second kappa shape index (κ2) is 11.9. The number of aromatic nitrogens is 1. The predicted octanol–water partition coefficient (Wildman–Crippen LogP) is 4.97. The predicted molar refractivity (Wildman–Crippen MR) is 141 cm³/mol. The Morgan fingerprint density at radius 1 is 1.15 bits per heavy atom. The number of aliphatic hydroxyl groups excluding tert-OH is 1. The van der Waals surface area contributed by atoms with E-state index in [0.717, 1.165) is 24.1 Å². The molecule has 2 N–H and O–H groups in total. The molecule has 0 unspecified atom stereocenters. The third-order valence-electron chi connectivity index (χ3n) is 8.11. The largest absolute Gasteiger partial charge is 0.394 e. The first kappa shape index (κ1) is 29.5. The molecule has 2 aliphatic rings. The number of carbonyl (C=O) groups excluding carboxylic acids is 1. The smallest absolute Gasteiger partial charge is 0.391 e.